The first kappa shape index (κ1) is 12.0. The van der Waals surface area contributed by atoms with E-state index in [-0.39, 0.29) is 6.04 Å². The van der Waals surface area contributed by atoms with Crippen LogP contribution in [-0.2, 0) is 0 Å². The van der Waals surface area contributed by atoms with Crippen LogP contribution < -0.4 is 10.5 Å². The van der Waals surface area contributed by atoms with Crippen LogP contribution in [0.25, 0.3) is 0 Å². The highest BCUT2D eigenvalue weighted by Gasteiger charge is 2.06. The lowest BCUT2D eigenvalue weighted by Crippen LogP contribution is -2.10. The Bertz CT molecular complexity index is 289. The quantitative estimate of drug-likeness (QED) is 0.781. The number of nitrogens with zero attached hydrogens (tertiary/aromatic N) is 1. The Morgan fingerprint density at radius 1 is 1.40 bits per heavy atom. The summed E-state index contributed by atoms with van der Waals surface area (Å²) in [5, 5.41) is 0. The third-order valence-corrected chi connectivity index (χ3v) is 2.34. The third-order valence-electron chi connectivity index (χ3n) is 2.34. The summed E-state index contributed by atoms with van der Waals surface area (Å²) in [5.74, 6) is 0.807. The lowest BCUT2D eigenvalue weighted by atomic mass is 10.0. The molecule has 0 radical (unpaired) electrons. The van der Waals surface area contributed by atoms with Crippen molar-refractivity contribution >= 4 is 0 Å². The van der Waals surface area contributed by atoms with Crippen LogP contribution in [0.15, 0.2) is 18.5 Å². The van der Waals surface area contributed by atoms with Crippen molar-refractivity contribution in [3.63, 3.8) is 0 Å². The van der Waals surface area contributed by atoms with Gasteiger partial charge in [-0.2, -0.15) is 0 Å². The van der Waals surface area contributed by atoms with E-state index in [0.717, 1.165) is 24.2 Å². The largest absolute Gasteiger partial charge is 0.492 e. The summed E-state index contributed by atoms with van der Waals surface area (Å²) in [4.78, 5) is 4.13. The molecule has 2 N–H and O–H groups in total. The fourth-order valence-corrected chi connectivity index (χ4v) is 1.47. The van der Waals surface area contributed by atoms with E-state index in [9.17, 15) is 0 Å². The molecular formula is C12H20N2O. The van der Waals surface area contributed by atoms with Crippen molar-refractivity contribution in [2.45, 2.75) is 39.2 Å². The summed E-state index contributed by atoms with van der Waals surface area (Å²) in [6, 6.07) is 2.06. The molecule has 0 aliphatic rings. The lowest BCUT2D eigenvalue weighted by molar-refractivity contribution is 0.338. The Kier molecular flexibility index (Phi) is 5.12. The van der Waals surface area contributed by atoms with E-state index in [1.165, 1.54) is 6.42 Å². The molecule has 0 amide bonds. The van der Waals surface area contributed by atoms with Gasteiger partial charge in [0.1, 0.15) is 5.75 Å². The molecule has 0 aromatic carbocycles. The van der Waals surface area contributed by atoms with Crippen molar-refractivity contribution in [2.75, 3.05) is 6.61 Å². The summed E-state index contributed by atoms with van der Waals surface area (Å²) < 4.78 is 5.38. The van der Waals surface area contributed by atoms with Gasteiger partial charge in [-0.3, -0.25) is 4.98 Å². The number of hydrogen-bond donors (Lipinski definition) is 1. The molecule has 3 heteroatoms. The molecule has 0 saturated heterocycles. The summed E-state index contributed by atoms with van der Waals surface area (Å²) >= 11 is 0. The smallest absolute Gasteiger partial charge is 0.137 e. The van der Waals surface area contributed by atoms with Crippen LogP contribution in [0.2, 0.25) is 0 Å². The average Bonchev–Trinajstić information content (AvgIpc) is 2.27. The van der Waals surface area contributed by atoms with Crippen molar-refractivity contribution < 1.29 is 4.74 Å². The molecule has 1 aromatic heterocycles. The number of ether oxygens (including phenoxy) is 1. The van der Waals surface area contributed by atoms with Gasteiger partial charge in [-0.05, 0) is 25.0 Å². The van der Waals surface area contributed by atoms with Crippen molar-refractivity contribution in [1.82, 2.24) is 4.98 Å². The molecular weight excluding hydrogens is 188 g/mol. The van der Waals surface area contributed by atoms with Crippen molar-refractivity contribution in [3.8, 4) is 5.75 Å². The summed E-state index contributed by atoms with van der Waals surface area (Å²) in [5.41, 5.74) is 7.11. The zero-order chi connectivity index (χ0) is 11.1. The SMILES string of the molecule is CCCCC(N)c1cncc(OCC)c1. The van der Waals surface area contributed by atoms with E-state index in [1.54, 1.807) is 6.20 Å². The monoisotopic (exact) mass is 208 g/mol. The summed E-state index contributed by atoms with van der Waals surface area (Å²) in [7, 11) is 0. The molecule has 0 aliphatic carbocycles. The first-order valence-electron chi connectivity index (χ1n) is 5.61. The second-order valence-electron chi connectivity index (χ2n) is 3.64. The summed E-state index contributed by atoms with van der Waals surface area (Å²) in [6.07, 6.45) is 6.88. The molecule has 1 rings (SSSR count). The fourth-order valence-electron chi connectivity index (χ4n) is 1.47. The van der Waals surface area contributed by atoms with Crippen molar-refractivity contribution in [1.29, 1.82) is 0 Å². The minimum absolute atomic E-state index is 0.0813. The number of aromatic nitrogens is 1. The Morgan fingerprint density at radius 2 is 2.20 bits per heavy atom. The number of nitrogens with two attached hydrogens (primary N) is 1. The first-order valence-corrected chi connectivity index (χ1v) is 5.61. The van der Waals surface area contributed by atoms with Crippen LogP contribution >= 0.6 is 0 Å². The van der Waals surface area contributed by atoms with Gasteiger partial charge in [-0.25, -0.2) is 0 Å². The van der Waals surface area contributed by atoms with Gasteiger partial charge in [0.05, 0.1) is 12.8 Å². The van der Waals surface area contributed by atoms with Gasteiger partial charge in [0.2, 0.25) is 0 Å². The van der Waals surface area contributed by atoms with Gasteiger partial charge in [-0.1, -0.05) is 19.8 Å². The molecule has 0 spiro atoms. The van der Waals surface area contributed by atoms with Crippen LogP contribution in [0, 0.1) is 0 Å². The average molecular weight is 208 g/mol. The van der Waals surface area contributed by atoms with Gasteiger partial charge >= 0.3 is 0 Å². The van der Waals surface area contributed by atoms with Gasteiger partial charge < -0.3 is 10.5 Å². The summed E-state index contributed by atoms with van der Waals surface area (Å²) in [6.45, 7) is 4.79. The molecule has 3 nitrogen and oxygen atoms in total. The maximum atomic E-state index is 6.05. The van der Waals surface area contributed by atoms with E-state index >= 15 is 0 Å². The highest BCUT2D eigenvalue weighted by Crippen LogP contribution is 2.19. The zero-order valence-corrected chi connectivity index (χ0v) is 9.57. The normalized spacial score (nSPS) is 12.5. The topological polar surface area (TPSA) is 48.1 Å². The van der Waals surface area contributed by atoms with E-state index in [2.05, 4.69) is 11.9 Å². The van der Waals surface area contributed by atoms with Crippen LogP contribution in [0.5, 0.6) is 5.75 Å². The van der Waals surface area contributed by atoms with Gasteiger partial charge in [0.25, 0.3) is 0 Å². The van der Waals surface area contributed by atoms with E-state index < -0.39 is 0 Å². The number of hydrogen-bond acceptors (Lipinski definition) is 3. The van der Waals surface area contributed by atoms with E-state index in [1.807, 2.05) is 19.2 Å². The Morgan fingerprint density at radius 3 is 2.87 bits per heavy atom. The third kappa shape index (κ3) is 3.88. The highest BCUT2D eigenvalue weighted by atomic mass is 16.5. The molecule has 0 fully saturated rings. The molecule has 0 aliphatic heterocycles. The van der Waals surface area contributed by atoms with Crippen molar-refractivity contribution in [3.05, 3.63) is 24.0 Å². The molecule has 1 unspecified atom stereocenters. The van der Waals surface area contributed by atoms with Gasteiger partial charge in [-0.15, -0.1) is 0 Å². The van der Waals surface area contributed by atoms with Crippen LogP contribution in [0.1, 0.15) is 44.7 Å². The van der Waals surface area contributed by atoms with Crippen molar-refractivity contribution in [2.24, 2.45) is 5.73 Å². The Labute approximate surface area is 91.7 Å². The van der Waals surface area contributed by atoms with E-state index in [4.69, 9.17) is 10.5 Å². The second-order valence-corrected chi connectivity index (χ2v) is 3.64. The van der Waals surface area contributed by atoms with Gasteiger partial charge in [0, 0.05) is 12.2 Å². The zero-order valence-electron chi connectivity index (χ0n) is 9.57. The molecule has 84 valence electrons. The molecule has 1 atom stereocenters. The lowest BCUT2D eigenvalue weighted by Gasteiger charge is -2.12. The maximum Gasteiger partial charge on any atom is 0.137 e. The fraction of sp³-hybridized carbons (Fsp3) is 0.583. The van der Waals surface area contributed by atoms with E-state index in [0.29, 0.717) is 6.61 Å². The Balaban J connectivity index is 2.62. The molecule has 15 heavy (non-hydrogen) atoms. The minimum atomic E-state index is 0.0813. The molecule has 0 bridgehead atoms. The molecule has 0 saturated carbocycles. The highest BCUT2D eigenvalue weighted by molar-refractivity contribution is 5.25. The number of rotatable bonds is 6. The second kappa shape index (κ2) is 6.40. The van der Waals surface area contributed by atoms with Crippen LogP contribution in [0.4, 0.5) is 0 Å². The number of unbranched alkanes of at least 4 members (excludes halogenated alkanes) is 1. The molecule has 1 aromatic rings. The minimum Gasteiger partial charge on any atom is -0.492 e. The molecule has 1 heterocycles. The standard InChI is InChI=1S/C12H20N2O/c1-3-5-6-12(13)10-7-11(15-4-2)9-14-8-10/h7-9,12H,3-6,13H2,1-2H3. The maximum absolute atomic E-state index is 6.05. The van der Waals surface area contributed by atoms with Crippen LogP contribution in [0.3, 0.4) is 0 Å². The van der Waals surface area contributed by atoms with Crippen LogP contribution in [-0.4, -0.2) is 11.6 Å². The predicted octanol–water partition coefficient (Wildman–Crippen LogP) is 2.67. The predicted molar refractivity (Wildman–Crippen MR) is 61.9 cm³/mol. The number of pyridine rings is 1. The first-order chi connectivity index (χ1) is 7.27. The Hall–Kier alpha value is -1.09. The van der Waals surface area contributed by atoms with Gasteiger partial charge in [0.15, 0.2) is 0 Å².